The number of hydrogen-bond acceptors (Lipinski definition) is 12. The van der Waals surface area contributed by atoms with Crippen molar-refractivity contribution in [3.05, 3.63) is 23.8 Å². The van der Waals surface area contributed by atoms with Crippen molar-refractivity contribution in [1.29, 1.82) is 0 Å². The second kappa shape index (κ2) is 17.3. The average molecular weight is 584 g/mol. The summed E-state index contributed by atoms with van der Waals surface area (Å²) in [6.07, 6.45) is -3.20. The Labute approximate surface area is 242 Å². The van der Waals surface area contributed by atoms with Gasteiger partial charge >= 0.3 is 24.4 Å². The van der Waals surface area contributed by atoms with Gasteiger partial charge in [-0.2, -0.15) is 0 Å². The largest absolute Gasteiger partial charge is 0.513 e. The number of esters is 1. The maximum atomic E-state index is 12.7. The molecule has 1 aromatic rings. The molecule has 1 unspecified atom stereocenters. The van der Waals surface area contributed by atoms with E-state index < -0.39 is 36.1 Å². The van der Waals surface area contributed by atoms with Crippen molar-refractivity contribution in [2.24, 2.45) is 23.5 Å². The van der Waals surface area contributed by atoms with E-state index >= 15 is 0 Å². The molecule has 232 valence electrons. The number of hydrogen-bond donors (Lipinski definition) is 1. The van der Waals surface area contributed by atoms with Crippen molar-refractivity contribution < 1.29 is 52.3 Å². The summed E-state index contributed by atoms with van der Waals surface area (Å²) < 4.78 is 36.0. The number of carbonyl (C=O) groups is 4. The van der Waals surface area contributed by atoms with E-state index in [9.17, 15) is 19.2 Å². The lowest BCUT2D eigenvalue weighted by molar-refractivity contribution is -0.148. The van der Waals surface area contributed by atoms with Crippen LogP contribution in [0.3, 0.4) is 0 Å². The second-order valence-electron chi connectivity index (χ2n) is 11.1. The summed E-state index contributed by atoms with van der Waals surface area (Å²) in [6.45, 7) is 13.5. The third kappa shape index (κ3) is 14.1. The number of methoxy groups -OCH3 is 1. The Morgan fingerprint density at radius 1 is 0.780 bits per heavy atom. The summed E-state index contributed by atoms with van der Waals surface area (Å²) in [5.41, 5.74) is 5.27. The Morgan fingerprint density at radius 3 is 1.85 bits per heavy atom. The molecule has 12 nitrogen and oxygen atoms in total. The van der Waals surface area contributed by atoms with Gasteiger partial charge in [0.15, 0.2) is 11.5 Å². The minimum Gasteiger partial charge on any atom is -0.468 e. The van der Waals surface area contributed by atoms with E-state index in [2.05, 4.69) is 0 Å². The van der Waals surface area contributed by atoms with Crippen molar-refractivity contribution in [1.82, 2.24) is 0 Å². The van der Waals surface area contributed by atoms with Crippen LogP contribution in [0.2, 0.25) is 0 Å². The minimum absolute atomic E-state index is 0.0604. The van der Waals surface area contributed by atoms with Crippen LogP contribution >= 0.6 is 0 Å². The molecular weight excluding hydrogens is 538 g/mol. The molecule has 1 aromatic carbocycles. The van der Waals surface area contributed by atoms with Gasteiger partial charge in [0.25, 0.3) is 0 Å². The number of nitrogens with two attached hydrogens (primary N) is 1. The van der Waals surface area contributed by atoms with E-state index in [1.807, 2.05) is 41.5 Å². The molecule has 0 bridgehead atoms. The van der Waals surface area contributed by atoms with Gasteiger partial charge in [-0.1, -0.05) is 47.6 Å². The predicted molar refractivity (Wildman–Crippen MR) is 149 cm³/mol. The average Bonchev–Trinajstić information content (AvgIpc) is 2.86. The van der Waals surface area contributed by atoms with Crippen LogP contribution in [0.4, 0.5) is 14.4 Å². The van der Waals surface area contributed by atoms with Gasteiger partial charge in [0, 0.05) is 12.8 Å². The SMILES string of the molecule is COC(=O)C(N)(Cc1ccc(OC(=O)OCC(C)C)c(OC(=O)OCC(C)C)c1)C[C@H](C)OC(=O)OCCC(C)C. The van der Waals surface area contributed by atoms with Crippen molar-refractivity contribution in [2.45, 2.75) is 79.4 Å². The Bertz CT molecular complexity index is 1010. The summed E-state index contributed by atoms with van der Waals surface area (Å²) in [5, 5.41) is 0. The van der Waals surface area contributed by atoms with Crippen LogP contribution in [0, 0.1) is 17.8 Å². The van der Waals surface area contributed by atoms with Gasteiger partial charge in [-0.25, -0.2) is 14.4 Å². The maximum Gasteiger partial charge on any atom is 0.513 e. The van der Waals surface area contributed by atoms with Crippen molar-refractivity contribution in [3.63, 3.8) is 0 Å². The fraction of sp³-hybridized carbons (Fsp3) is 0.655. The van der Waals surface area contributed by atoms with E-state index in [1.165, 1.54) is 25.3 Å². The second-order valence-corrected chi connectivity index (χ2v) is 11.1. The molecule has 0 aliphatic rings. The Kier molecular flexibility index (Phi) is 15.0. The van der Waals surface area contributed by atoms with Crippen LogP contribution in [-0.2, 0) is 34.9 Å². The standard InChI is InChI=1S/C29H45NO11/c1-18(2)11-12-36-26(32)39-21(7)14-29(30,25(31)35-8)15-22-9-10-23(40-27(33)37-16-19(3)4)24(13-22)41-28(34)38-17-20(5)6/h9-10,13,18-21H,11-12,14-17,30H2,1-8H3/t21-,29?/m0/s1. The lowest BCUT2D eigenvalue weighted by atomic mass is 9.86. The third-order valence-electron chi connectivity index (χ3n) is 5.44. The van der Waals surface area contributed by atoms with Crippen LogP contribution in [0.15, 0.2) is 18.2 Å². The molecule has 41 heavy (non-hydrogen) atoms. The highest BCUT2D eigenvalue weighted by Crippen LogP contribution is 2.32. The first-order chi connectivity index (χ1) is 19.1. The van der Waals surface area contributed by atoms with E-state index in [4.69, 9.17) is 38.9 Å². The van der Waals surface area contributed by atoms with E-state index in [0.29, 0.717) is 17.9 Å². The fourth-order valence-corrected chi connectivity index (χ4v) is 3.46. The summed E-state index contributed by atoms with van der Waals surface area (Å²) >= 11 is 0. The molecule has 0 heterocycles. The van der Waals surface area contributed by atoms with Crippen LogP contribution in [0.1, 0.15) is 66.9 Å². The molecule has 0 saturated carbocycles. The highest BCUT2D eigenvalue weighted by atomic mass is 16.7. The molecule has 0 aliphatic heterocycles. The zero-order chi connectivity index (χ0) is 31.2. The van der Waals surface area contributed by atoms with Gasteiger partial charge in [-0.3, -0.25) is 4.79 Å². The molecule has 0 aromatic heterocycles. The summed E-state index contributed by atoms with van der Waals surface area (Å²) in [4.78, 5) is 49.3. The zero-order valence-electron chi connectivity index (χ0n) is 25.4. The van der Waals surface area contributed by atoms with E-state index in [0.717, 1.165) is 0 Å². The molecule has 2 atom stereocenters. The van der Waals surface area contributed by atoms with Crippen molar-refractivity contribution in [2.75, 3.05) is 26.9 Å². The molecule has 0 fully saturated rings. The first kappa shape index (κ1) is 35.5. The summed E-state index contributed by atoms with van der Waals surface area (Å²) in [6, 6.07) is 4.30. The Hall–Kier alpha value is -3.54. The highest BCUT2D eigenvalue weighted by molar-refractivity contribution is 5.81. The molecule has 12 heteroatoms. The number of carbonyl (C=O) groups excluding carboxylic acids is 4. The Morgan fingerprint density at radius 2 is 1.34 bits per heavy atom. The molecule has 0 aliphatic carbocycles. The quantitative estimate of drug-likeness (QED) is 0.159. The molecule has 0 amide bonds. The Balaban J connectivity index is 3.15. The van der Waals surface area contributed by atoms with Crippen LogP contribution < -0.4 is 15.2 Å². The molecule has 1 rings (SSSR count). The molecule has 0 saturated heterocycles. The van der Waals surface area contributed by atoms with Gasteiger partial charge in [0.1, 0.15) is 11.6 Å². The molecule has 0 spiro atoms. The molecular formula is C29H45NO11. The van der Waals surface area contributed by atoms with E-state index in [-0.39, 0.29) is 56.0 Å². The van der Waals surface area contributed by atoms with Gasteiger partial charge < -0.3 is 38.9 Å². The van der Waals surface area contributed by atoms with Crippen LogP contribution in [0.25, 0.3) is 0 Å². The monoisotopic (exact) mass is 583 g/mol. The number of rotatable bonds is 15. The van der Waals surface area contributed by atoms with Gasteiger partial charge in [-0.05, 0) is 48.8 Å². The number of ether oxygens (including phenoxy) is 7. The van der Waals surface area contributed by atoms with Crippen molar-refractivity contribution >= 4 is 24.4 Å². The third-order valence-corrected chi connectivity index (χ3v) is 5.44. The highest BCUT2D eigenvalue weighted by Gasteiger charge is 2.38. The lowest BCUT2D eigenvalue weighted by Gasteiger charge is -2.29. The summed E-state index contributed by atoms with van der Waals surface area (Å²) in [5.74, 6) is -0.517. The smallest absolute Gasteiger partial charge is 0.468 e. The van der Waals surface area contributed by atoms with Crippen molar-refractivity contribution in [3.8, 4) is 11.5 Å². The lowest BCUT2D eigenvalue weighted by Crippen LogP contribution is -2.53. The normalized spacial score (nSPS) is 13.3. The van der Waals surface area contributed by atoms with Gasteiger partial charge in [0.2, 0.25) is 0 Å². The van der Waals surface area contributed by atoms with Gasteiger partial charge in [0.05, 0.1) is 26.9 Å². The summed E-state index contributed by atoms with van der Waals surface area (Å²) in [7, 11) is 1.19. The zero-order valence-corrected chi connectivity index (χ0v) is 25.4. The first-order valence-corrected chi connectivity index (χ1v) is 13.7. The van der Waals surface area contributed by atoms with Crippen LogP contribution in [-0.4, -0.2) is 63.0 Å². The molecule has 2 N–H and O–H groups in total. The molecule has 0 radical (unpaired) electrons. The number of benzene rings is 1. The van der Waals surface area contributed by atoms with Gasteiger partial charge in [-0.15, -0.1) is 0 Å². The maximum absolute atomic E-state index is 12.7. The van der Waals surface area contributed by atoms with E-state index in [1.54, 1.807) is 6.92 Å². The minimum atomic E-state index is -1.64. The topological polar surface area (TPSA) is 159 Å². The first-order valence-electron chi connectivity index (χ1n) is 13.7. The van der Waals surface area contributed by atoms with Crippen LogP contribution in [0.5, 0.6) is 11.5 Å². The fourth-order valence-electron chi connectivity index (χ4n) is 3.46. The predicted octanol–water partition coefficient (Wildman–Crippen LogP) is 5.42.